The normalized spacial score (nSPS) is 10.4. The van der Waals surface area contributed by atoms with Crippen molar-refractivity contribution in [2.75, 3.05) is 20.2 Å². The van der Waals surface area contributed by atoms with Crippen LogP contribution in [-0.2, 0) is 0 Å². The zero-order valence-corrected chi connectivity index (χ0v) is 12.3. The summed E-state index contributed by atoms with van der Waals surface area (Å²) in [5.41, 5.74) is -0.135. The lowest BCUT2D eigenvalue weighted by Gasteiger charge is -2.14. The van der Waals surface area contributed by atoms with E-state index in [2.05, 4.69) is 5.27 Å². The molecule has 2 rings (SSSR count). The third-order valence-corrected chi connectivity index (χ3v) is 3.23. The van der Waals surface area contributed by atoms with Crippen molar-refractivity contribution in [1.82, 2.24) is 10.2 Å². The molecule has 0 aliphatic heterocycles. The molecule has 1 aromatic heterocycles. The van der Waals surface area contributed by atoms with E-state index in [9.17, 15) is 9.59 Å². The number of benzene rings is 1. The number of H-pyrrole nitrogens is 1. The van der Waals surface area contributed by atoms with Crippen LogP contribution in [0.15, 0.2) is 33.6 Å². The Kier molecular flexibility index (Phi) is 4.42. The molecule has 1 amide bonds. The average Bonchev–Trinajstić information content (AvgIpc) is 2.90. The Morgan fingerprint density at radius 3 is 2.43 bits per heavy atom. The fourth-order valence-corrected chi connectivity index (χ4v) is 2.03. The number of hydrogen-bond donors (Lipinski definition) is 1. The third-order valence-electron chi connectivity index (χ3n) is 3.23. The van der Waals surface area contributed by atoms with Crippen LogP contribution < -0.4 is 15.0 Å². The van der Waals surface area contributed by atoms with Crippen molar-refractivity contribution in [3.8, 4) is 11.4 Å². The highest BCUT2D eigenvalue weighted by atomic mass is 16.5. The molecule has 21 heavy (non-hydrogen) atoms. The molecule has 0 bridgehead atoms. The van der Waals surface area contributed by atoms with Gasteiger partial charge in [-0.1, -0.05) is 0 Å². The van der Waals surface area contributed by atoms with Crippen LogP contribution in [0.4, 0.5) is 0 Å². The standard InChI is InChI=1S/C14H17N3O4/c1-4-16(5-2)13(18)12-14(19)21-15-17(12)10-6-8-11(20-3)9-7-10/h6-9H,4-5H2,1-3H3/p+1. The molecule has 0 unspecified atom stereocenters. The number of amides is 1. The topological polar surface area (TPSA) is 79.4 Å². The first-order valence-electron chi connectivity index (χ1n) is 6.69. The van der Waals surface area contributed by atoms with Gasteiger partial charge in [-0.3, -0.25) is 9.32 Å². The first kappa shape index (κ1) is 14.8. The lowest BCUT2D eigenvalue weighted by atomic mass is 10.3. The van der Waals surface area contributed by atoms with Crippen molar-refractivity contribution in [2.45, 2.75) is 13.8 Å². The molecular weight excluding hydrogens is 274 g/mol. The highest BCUT2D eigenvalue weighted by Crippen LogP contribution is 2.11. The maximum atomic E-state index is 12.4. The van der Waals surface area contributed by atoms with Crippen LogP contribution in [0.25, 0.3) is 5.69 Å². The maximum absolute atomic E-state index is 12.4. The van der Waals surface area contributed by atoms with Crippen LogP contribution in [0.5, 0.6) is 5.75 Å². The number of rotatable bonds is 5. The Bertz CT molecular complexity index is 668. The Hall–Kier alpha value is -2.57. The molecule has 1 heterocycles. The molecule has 0 fully saturated rings. The van der Waals surface area contributed by atoms with E-state index in [1.54, 1.807) is 36.3 Å². The van der Waals surface area contributed by atoms with Crippen LogP contribution in [-0.4, -0.2) is 36.3 Å². The number of nitrogens with zero attached hydrogens (tertiary/aromatic N) is 2. The van der Waals surface area contributed by atoms with Gasteiger partial charge in [0, 0.05) is 25.2 Å². The minimum absolute atomic E-state index is 0.0520. The number of nitrogens with one attached hydrogen (secondary N) is 1. The Balaban J connectivity index is 2.46. The zero-order valence-electron chi connectivity index (χ0n) is 12.3. The Labute approximate surface area is 121 Å². The molecule has 1 aromatic carbocycles. The van der Waals surface area contributed by atoms with Crippen molar-refractivity contribution in [3.63, 3.8) is 0 Å². The van der Waals surface area contributed by atoms with E-state index in [4.69, 9.17) is 9.26 Å². The van der Waals surface area contributed by atoms with Gasteiger partial charge in [-0.2, -0.15) is 0 Å². The van der Waals surface area contributed by atoms with Crippen LogP contribution in [0, 0.1) is 0 Å². The summed E-state index contributed by atoms with van der Waals surface area (Å²) in [6, 6.07) is 6.92. The zero-order chi connectivity index (χ0) is 15.4. The van der Waals surface area contributed by atoms with Crippen molar-refractivity contribution < 1.29 is 18.7 Å². The quantitative estimate of drug-likeness (QED) is 0.824. The number of aromatic amines is 1. The minimum atomic E-state index is -0.692. The van der Waals surface area contributed by atoms with Gasteiger partial charge < -0.3 is 9.64 Å². The predicted octanol–water partition coefficient (Wildman–Crippen LogP) is 0.735. The summed E-state index contributed by atoms with van der Waals surface area (Å²) in [7, 11) is 1.57. The van der Waals surface area contributed by atoms with Crippen molar-refractivity contribution >= 4 is 5.91 Å². The van der Waals surface area contributed by atoms with E-state index < -0.39 is 5.63 Å². The molecule has 0 aliphatic carbocycles. The largest absolute Gasteiger partial charge is 0.497 e. The van der Waals surface area contributed by atoms with E-state index >= 15 is 0 Å². The lowest BCUT2D eigenvalue weighted by Crippen LogP contribution is -2.46. The molecule has 0 atom stereocenters. The summed E-state index contributed by atoms with van der Waals surface area (Å²) in [6.45, 7) is 4.74. The van der Waals surface area contributed by atoms with Crippen molar-refractivity contribution in [1.29, 1.82) is 0 Å². The number of ether oxygens (including phenoxy) is 1. The van der Waals surface area contributed by atoms with Crippen molar-refractivity contribution in [2.24, 2.45) is 0 Å². The SMILES string of the molecule is CCN(CC)C(=O)c1c(=O)o[nH][n+]1-c1ccc(OC)cc1. The summed E-state index contributed by atoms with van der Waals surface area (Å²) in [5, 5.41) is 2.45. The summed E-state index contributed by atoms with van der Waals surface area (Å²) in [6.07, 6.45) is 0. The monoisotopic (exact) mass is 292 g/mol. The summed E-state index contributed by atoms with van der Waals surface area (Å²) in [4.78, 5) is 25.8. The van der Waals surface area contributed by atoms with Gasteiger partial charge in [0.2, 0.25) is 5.69 Å². The van der Waals surface area contributed by atoms with Gasteiger partial charge in [0.25, 0.3) is 0 Å². The van der Waals surface area contributed by atoms with E-state index in [0.29, 0.717) is 24.5 Å². The van der Waals surface area contributed by atoms with Gasteiger partial charge in [-0.05, 0) is 35.9 Å². The van der Waals surface area contributed by atoms with Gasteiger partial charge in [0.1, 0.15) is 5.75 Å². The van der Waals surface area contributed by atoms with Crippen LogP contribution in [0.2, 0.25) is 0 Å². The highest BCUT2D eigenvalue weighted by molar-refractivity contribution is 5.90. The molecule has 0 spiro atoms. The third kappa shape index (κ3) is 2.81. The number of carbonyl (C=O) groups excluding carboxylic acids is 1. The van der Waals surface area contributed by atoms with Gasteiger partial charge in [0.15, 0.2) is 0 Å². The number of aromatic nitrogens is 2. The first-order chi connectivity index (χ1) is 10.1. The maximum Gasteiger partial charge on any atom is 0.441 e. The summed E-state index contributed by atoms with van der Waals surface area (Å²) in [5.74, 6) is 0.313. The molecular formula is C14H18N3O4+. The van der Waals surface area contributed by atoms with Crippen LogP contribution in [0.1, 0.15) is 24.3 Å². The highest BCUT2D eigenvalue weighted by Gasteiger charge is 2.33. The van der Waals surface area contributed by atoms with Crippen LogP contribution >= 0.6 is 0 Å². The second-order valence-corrected chi connectivity index (χ2v) is 4.34. The second-order valence-electron chi connectivity index (χ2n) is 4.34. The minimum Gasteiger partial charge on any atom is -0.497 e. The van der Waals surface area contributed by atoms with Crippen molar-refractivity contribution in [3.05, 3.63) is 40.4 Å². The molecule has 112 valence electrons. The van der Waals surface area contributed by atoms with E-state index in [0.717, 1.165) is 0 Å². The molecule has 0 aliphatic rings. The lowest BCUT2D eigenvalue weighted by molar-refractivity contribution is -0.672. The smallest absolute Gasteiger partial charge is 0.441 e. The number of carbonyl (C=O) groups is 1. The van der Waals surface area contributed by atoms with Gasteiger partial charge >= 0.3 is 17.2 Å². The fourth-order valence-electron chi connectivity index (χ4n) is 2.03. The molecule has 0 radical (unpaired) electrons. The van der Waals surface area contributed by atoms with E-state index in [1.807, 2.05) is 13.8 Å². The molecule has 7 heteroatoms. The molecule has 0 saturated carbocycles. The van der Waals surface area contributed by atoms with Crippen LogP contribution in [0.3, 0.4) is 0 Å². The van der Waals surface area contributed by atoms with Gasteiger partial charge in [-0.25, -0.2) is 4.79 Å². The first-order valence-corrected chi connectivity index (χ1v) is 6.69. The molecule has 2 aromatic rings. The van der Waals surface area contributed by atoms with Gasteiger partial charge in [0.05, 0.1) is 7.11 Å². The molecule has 0 saturated heterocycles. The number of hydrogen-bond acceptors (Lipinski definition) is 4. The fraction of sp³-hybridized carbons (Fsp3) is 0.357. The second kappa shape index (κ2) is 6.25. The predicted molar refractivity (Wildman–Crippen MR) is 74.7 cm³/mol. The Morgan fingerprint density at radius 1 is 1.29 bits per heavy atom. The summed E-state index contributed by atoms with van der Waals surface area (Å²) >= 11 is 0. The number of methoxy groups -OCH3 is 1. The average molecular weight is 292 g/mol. The van der Waals surface area contributed by atoms with E-state index in [-0.39, 0.29) is 11.6 Å². The Morgan fingerprint density at radius 2 is 1.90 bits per heavy atom. The van der Waals surface area contributed by atoms with Gasteiger partial charge in [-0.15, -0.1) is 0 Å². The van der Waals surface area contributed by atoms with E-state index in [1.165, 1.54) is 4.68 Å². The summed E-state index contributed by atoms with van der Waals surface area (Å²) < 4.78 is 11.2. The molecule has 1 N–H and O–H groups in total. The molecule has 7 nitrogen and oxygen atoms in total.